The first-order chi connectivity index (χ1) is 23.8. The minimum absolute atomic E-state index is 0.251. The van der Waals surface area contributed by atoms with Crippen LogP contribution in [0.1, 0.15) is 49.9 Å². The van der Waals surface area contributed by atoms with Crippen LogP contribution >= 0.6 is 0 Å². The Hall–Kier alpha value is -5.80. The van der Waals surface area contributed by atoms with E-state index >= 15 is 0 Å². The predicted molar refractivity (Wildman–Crippen MR) is 203 cm³/mol. The summed E-state index contributed by atoms with van der Waals surface area (Å²) >= 11 is 0. The van der Waals surface area contributed by atoms with Crippen LogP contribution in [0.15, 0.2) is 162 Å². The molecule has 1 aromatic heterocycles. The van der Waals surface area contributed by atoms with Crippen molar-refractivity contribution in [2.45, 2.75) is 38.5 Å². The summed E-state index contributed by atoms with van der Waals surface area (Å²) in [5, 5.41) is 0. The minimum atomic E-state index is -0.251. The van der Waals surface area contributed by atoms with Gasteiger partial charge in [0.05, 0.1) is 0 Å². The van der Waals surface area contributed by atoms with Crippen molar-refractivity contribution in [3.05, 3.63) is 180 Å². The first-order valence-corrected chi connectivity index (χ1v) is 17.1. The van der Waals surface area contributed by atoms with Crippen LogP contribution in [0.5, 0.6) is 0 Å². The largest absolute Gasteiger partial charge is 0.455 e. The molecule has 0 N–H and O–H groups in total. The summed E-state index contributed by atoms with van der Waals surface area (Å²) in [6.07, 6.45) is 0. The SMILES string of the molecule is CC1(C)c2cc(N(c3ccccc3)c3ccccc3)ccc2-c2oc3c(c21)C(C)(C)c1cc(N(c2ccccc2)c2ccccc2)ccc1-3. The van der Waals surface area contributed by atoms with Crippen LogP contribution in [-0.2, 0) is 10.8 Å². The molecule has 3 heteroatoms. The summed E-state index contributed by atoms with van der Waals surface area (Å²) in [7, 11) is 0. The molecule has 7 aromatic rings. The van der Waals surface area contributed by atoms with Gasteiger partial charge in [-0.2, -0.15) is 0 Å². The molecule has 0 atom stereocenters. The zero-order valence-corrected chi connectivity index (χ0v) is 28.3. The van der Waals surface area contributed by atoms with Gasteiger partial charge in [0, 0.05) is 67.2 Å². The van der Waals surface area contributed by atoms with Crippen molar-refractivity contribution in [1.82, 2.24) is 0 Å². The van der Waals surface area contributed by atoms with Crippen molar-refractivity contribution in [3.8, 4) is 22.6 Å². The molecular weight excluding hydrogens is 597 g/mol. The molecule has 238 valence electrons. The Bertz CT molecular complexity index is 2080. The van der Waals surface area contributed by atoms with Gasteiger partial charge in [0.1, 0.15) is 11.5 Å². The molecule has 0 saturated carbocycles. The zero-order valence-electron chi connectivity index (χ0n) is 28.3. The quantitative estimate of drug-likeness (QED) is 0.181. The molecule has 9 rings (SSSR count). The number of nitrogens with zero attached hydrogens (tertiary/aromatic N) is 2. The van der Waals surface area contributed by atoms with Crippen LogP contribution in [0, 0.1) is 0 Å². The number of fused-ring (bicyclic) bond motifs is 7. The van der Waals surface area contributed by atoms with Crippen molar-refractivity contribution in [1.29, 1.82) is 0 Å². The van der Waals surface area contributed by atoms with Gasteiger partial charge in [0.2, 0.25) is 0 Å². The van der Waals surface area contributed by atoms with Gasteiger partial charge in [-0.25, -0.2) is 0 Å². The molecule has 1 heterocycles. The third kappa shape index (κ3) is 4.42. The maximum absolute atomic E-state index is 7.00. The maximum Gasteiger partial charge on any atom is 0.139 e. The molecule has 49 heavy (non-hydrogen) atoms. The Morgan fingerprint density at radius 1 is 0.367 bits per heavy atom. The second kappa shape index (κ2) is 10.9. The fourth-order valence-electron chi connectivity index (χ4n) is 8.25. The van der Waals surface area contributed by atoms with Gasteiger partial charge in [-0.1, -0.05) is 100 Å². The van der Waals surface area contributed by atoms with Gasteiger partial charge < -0.3 is 14.2 Å². The fraction of sp³-hybridized carbons (Fsp3) is 0.130. The van der Waals surface area contributed by atoms with Crippen LogP contribution in [0.2, 0.25) is 0 Å². The van der Waals surface area contributed by atoms with Crippen LogP contribution in [0.25, 0.3) is 22.6 Å². The van der Waals surface area contributed by atoms with E-state index in [9.17, 15) is 0 Å². The molecule has 2 aliphatic rings. The highest BCUT2D eigenvalue weighted by molar-refractivity contribution is 5.91. The number of rotatable bonds is 6. The summed E-state index contributed by atoms with van der Waals surface area (Å²) in [6, 6.07) is 56.3. The summed E-state index contributed by atoms with van der Waals surface area (Å²) in [5.74, 6) is 2.03. The smallest absolute Gasteiger partial charge is 0.139 e. The van der Waals surface area contributed by atoms with Gasteiger partial charge in [-0.15, -0.1) is 0 Å². The van der Waals surface area contributed by atoms with Crippen LogP contribution < -0.4 is 9.80 Å². The van der Waals surface area contributed by atoms with E-state index in [1.54, 1.807) is 0 Å². The Labute approximate surface area is 288 Å². The van der Waals surface area contributed by atoms with Gasteiger partial charge in [-0.05, 0) is 96.1 Å². The Kier molecular flexibility index (Phi) is 6.51. The normalized spacial score (nSPS) is 14.4. The van der Waals surface area contributed by atoms with E-state index in [0.29, 0.717) is 0 Å². The number of anilines is 6. The summed E-state index contributed by atoms with van der Waals surface area (Å²) in [4.78, 5) is 4.68. The van der Waals surface area contributed by atoms with Crippen molar-refractivity contribution in [2.75, 3.05) is 9.80 Å². The standard InChI is InChI=1S/C46H38N2O/c1-45(2)39-29-35(47(31-17-9-5-10-18-31)32-19-11-6-12-20-32)25-27-37(39)43-41(45)42-44(49-43)38-28-26-36(30-40(38)46(42,3)4)48(33-21-13-7-14-22-33)34-23-15-8-16-24-34/h5-30H,1-4H3. The van der Waals surface area contributed by atoms with E-state index in [-0.39, 0.29) is 10.8 Å². The van der Waals surface area contributed by atoms with Crippen LogP contribution in [0.4, 0.5) is 34.1 Å². The Balaban J connectivity index is 1.15. The van der Waals surface area contributed by atoms with Gasteiger partial charge >= 0.3 is 0 Å². The van der Waals surface area contributed by atoms with E-state index in [1.165, 1.54) is 33.4 Å². The Morgan fingerprint density at radius 2 is 0.673 bits per heavy atom. The second-order valence-electron chi connectivity index (χ2n) is 14.2. The first kappa shape index (κ1) is 29.3. The first-order valence-electron chi connectivity index (χ1n) is 17.1. The molecular formula is C46H38N2O. The molecule has 2 aliphatic carbocycles. The number of benzene rings is 6. The number of hydrogen-bond donors (Lipinski definition) is 0. The van der Waals surface area contributed by atoms with Gasteiger partial charge in [0.25, 0.3) is 0 Å². The lowest BCUT2D eigenvalue weighted by Crippen LogP contribution is -2.23. The third-order valence-electron chi connectivity index (χ3n) is 10.6. The fourth-order valence-corrected chi connectivity index (χ4v) is 8.25. The maximum atomic E-state index is 7.00. The number of para-hydroxylation sites is 4. The van der Waals surface area contributed by atoms with Gasteiger partial charge in [-0.3, -0.25) is 0 Å². The lowest BCUT2D eigenvalue weighted by atomic mass is 9.74. The minimum Gasteiger partial charge on any atom is -0.455 e. The molecule has 0 saturated heterocycles. The monoisotopic (exact) mass is 634 g/mol. The van der Waals surface area contributed by atoms with Crippen molar-refractivity contribution in [3.63, 3.8) is 0 Å². The molecule has 0 amide bonds. The highest BCUT2D eigenvalue weighted by Gasteiger charge is 2.50. The molecule has 0 bridgehead atoms. The molecule has 0 radical (unpaired) electrons. The van der Waals surface area contributed by atoms with Crippen molar-refractivity contribution >= 4 is 34.1 Å². The lowest BCUT2D eigenvalue weighted by Gasteiger charge is -2.30. The molecule has 0 fully saturated rings. The average molecular weight is 635 g/mol. The lowest BCUT2D eigenvalue weighted by molar-refractivity contribution is 0.592. The van der Waals surface area contributed by atoms with E-state index in [4.69, 9.17) is 4.42 Å². The van der Waals surface area contributed by atoms with E-state index in [1.807, 2.05) is 0 Å². The highest BCUT2D eigenvalue weighted by atomic mass is 16.3. The second-order valence-corrected chi connectivity index (χ2v) is 14.2. The summed E-state index contributed by atoms with van der Waals surface area (Å²) < 4.78 is 7.00. The molecule has 3 nitrogen and oxygen atoms in total. The van der Waals surface area contributed by atoms with Crippen molar-refractivity contribution in [2.24, 2.45) is 0 Å². The van der Waals surface area contributed by atoms with Crippen LogP contribution in [0.3, 0.4) is 0 Å². The van der Waals surface area contributed by atoms with Gasteiger partial charge in [0.15, 0.2) is 0 Å². The average Bonchev–Trinajstić information content (AvgIpc) is 3.71. The molecule has 0 spiro atoms. The molecule has 0 aliphatic heterocycles. The molecule has 0 unspecified atom stereocenters. The number of furan rings is 1. The predicted octanol–water partition coefficient (Wildman–Crippen LogP) is 12.8. The number of hydrogen-bond acceptors (Lipinski definition) is 3. The zero-order chi connectivity index (χ0) is 33.3. The van der Waals surface area contributed by atoms with Crippen molar-refractivity contribution < 1.29 is 4.42 Å². The molecule has 6 aromatic carbocycles. The third-order valence-corrected chi connectivity index (χ3v) is 10.6. The topological polar surface area (TPSA) is 19.6 Å². The summed E-state index contributed by atoms with van der Waals surface area (Å²) in [5.41, 5.74) is 13.9. The summed E-state index contributed by atoms with van der Waals surface area (Å²) in [6.45, 7) is 9.46. The van der Waals surface area contributed by atoms with E-state index in [0.717, 1.165) is 45.6 Å². The van der Waals surface area contributed by atoms with E-state index in [2.05, 4.69) is 195 Å². The van der Waals surface area contributed by atoms with E-state index < -0.39 is 0 Å². The van der Waals surface area contributed by atoms with Crippen LogP contribution in [-0.4, -0.2) is 0 Å². The highest BCUT2D eigenvalue weighted by Crippen LogP contribution is 2.62. The Morgan fingerprint density at radius 3 is 0.980 bits per heavy atom.